The van der Waals surface area contributed by atoms with Gasteiger partial charge in [-0.15, -0.1) is 0 Å². The Morgan fingerprint density at radius 1 is 1.10 bits per heavy atom. The van der Waals surface area contributed by atoms with Crippen molar-refractivity contribution in [2.24, 2.45) is 7.05 Å². The van der Waals surface area contributed by atoms with Gasteiger partial charge in [-0.1, -0.05) is 50.8 Å². The third-order valence-corrected chi connectivity index (χ3v) is 5.41. The maximum absolute atomic E-state index is 12.8. The van der Waals surface area contributed by atoms with Crippen molar-refractivity contribution in [1.82, 2.24) is 15.2 Å². The van der Waals surface area contributed by atoms with E-state index in [0.717, 1.165) is 19.3 Å². The van der Waals surface area contributed by atoms with E-state index in [4.69, 9.17) is 0 Å². The quantitative estimate of drug-likeness (QED) is 0.547. The van der Waals surface area contributed by atoms with Gasteiger partial charge in [0.1, 0.15) is 5.54 Å². The maximum atomic E-state index is 12.8. The molecular formula is C24H37N3O2. The van der Waals surface area contributed by atoms with Gasteiger partial charge in [0.2, 0.25) is 11.8 Å². The van der Waals surface area contributed by atoms with E-state index in [-0.39, 0.29) is 17.9 Å². The van der Waals surface area contributed by atoms with Crippen LogP contribution in [0.2, 0.25) is 0 Å². The molecule has 0 radical (unpaired) electrons. The van der Waals surface area contributed by atoms with Gasteiger partial charge in [0, 0.05) is 36.6 Å². The number of carbonyl (C=O) groups is 2. The Balaban J connectivity index is 1.86. The molecule has 0 aliphatic heterocycles. The molecule has 0 aliphatic rings. The number of carbonyl (C=O) groups excluding carboxylic acids is 2. The lowest BCUT2D eigenvalue weighted by Gasteiger charge is -2.27. The van der Waals surface area contributed by atoms with Gasteiger partial charge in [-0.05, 0) is 45.2 Å². The molecule has 2 aromatic rings. The summed E-state index contributed by atoms with van der Waals surface area (Å²) in [5, 5.41) is 7.18. The van der Waals surface area contributed by atoms with Gasteiger partial charge < -0.3 is 15.2 Å². The number of benzene rings is 1. The molecule has 0 saturated heterocycles. The van der Waals surface area contributed by atoms with Crippen molar-refractivity contribution in [1.29, 1.82) is 0 Å². The normalized spacial score (nSPS) is 12.7. The van der Waals surface area contributed by atoms with E-state index in [1.807, 2.05) is 26.1 Å². The number of rotatable bonds is 11. The monoisotopic (exact) mass is 399 g/mol. The summed E-state index contributed by atoms with van der Waals surface area (Å²) < 4.78 is 2.11. The number of fused-ring (bicyclic) bond motifs is 1. The molecule has 0 aliphatic carbocycles. The Labute approximate surface area is 175 Å². The molecule has 0 spiro atoms. The molecule has 160 valence electrons. The molecule has 0 bridgehead atoms. The highest BCUT2D eigenvalue weighted by Gasteiger charge is 2.30. The zero-order valence-corrected chi connectivity index (χ0v) is 18.7. The predicted molar refractivity (Wildman–Crippen MR) is 120 cm³/mol. The van der Waals surface area contributed by atoms with Crippen LogP contribution in [0.3, 0.4) is 0 Å². The molecule has 1 aromatic carbocycles. The number of para-hydroxylation sites is 1. The van der Waals surface area contributed by atoms with Crippen LogP contribution in [-0.4, -0.2) is 28.0 Å². The molecule has 1 atom stereocenters. The van der Waals surface area contributed by atoms with Crippen LogP contribution in [0.25, 0.3) is 10.9 Å². The number of hydrogen-bond acceptors (Lipinski definition) is 2. The minimum atomic E-state index is -0.923. The second-order valence-electron chi connectivity index (χ2n) is 8.70. The highest BCUT2D eigenvalue weighted by atomic mass is 16.2. The zero-order valence-electron chi connectivity index (χ0n) is 18.7. The third kappa shape index (κ3) is 6.62. The Hall–Kier alpha value is -2.30. The van der Waals surface area contributed by atoms with E-state index in [9.17, 15) is 9.59 Å². The Morgan fingerprint density at radius 3 is 2.52 bits per heavy atom. The first-order chi connectivity index (χ1) is 13.7. The summed E-state index contributed by atoms with van der Waals surface area (Å²) in [4.78, 5) is 25.0. The minimum Gasteiger partial charge on any atom is -0.351 e. The standard InChI is InChI=1S/C24H37N3O2/c1-6-7-8-9-10-15-22(28)26-24(3,4)23(29)25-18(2)16-19-17-27(5)21-14-12-11-13-20(19)21/h11-14,17-18H,6-10,15-16H2,1-5H3,(H,25,29)(H,26,28)/t18-/m1/s1. The van der Waals surface area contributed by atoms with Crippen molar-refractivity contribution in [3.05, 3.63) is 36.0 Å². The van der Waals surface area contributed by atoms with Crippen molar-refractivity contribution in [3.8, 4) is 0 Å². The summed E-state index contributed by atoms with van der Waals surface area (Å²) in [5.74, 6) is -0.201. The maximum Gasteiger partial charge on any atom is 0.245 e. The van der Waals surface area contributed by atoms with Gasteiger partial charge in [0.15, 0.2) is 0 Å². The van der Waals surface area contributed by atoms with E-state index in [0.29, 0.717) is 6.42 Å². The zero-order chi connectivity index (χ0) is 21.4. The molecule has 0 unspecified atom stereocenters. The third-order valence-electron chi connectivity index (χ3n) is 5.41. The Kier molecular flexibility index (Phi) is 8.30. The van der Waals surface area contributed by atoms with Gasteiger partial charge in [-0.25, -0.2) is 0 Å². The van der Waals surface area contributed by atoms with Crippen molar-refractivity contribution >= 4 is 22.7 Å². The smallest absolute Gasteiger partial charge is 0.245 e. The summed E-state index contributed by atoms with van der Waals surface area (Å²) in [5.41, 5.74) is 1.48. The lowest BCUT2D eigenvalue weighted by Crippen LogP contribution is -2.56. The summed E-state index contributed by atoms with van der Waals surface area (Å²) in [7, 11) is 2.04. The largest absolute Gasteiger partial charge is 0.351 e. The van der Waals surface area contributed by atoms with Gasteiger partial charge in [-0.2, -0.15) is 0 Å². The predicted octanol–water partition coefficient (Wildman–Crippen LogP) is 4.48. The van der Waals surface area contributed by atoms with E-state index < -0.39 is 5.54 Å². The van der Waals surface area contributed by atoms with E-state index in [1.165, 1.54) is 35.7 Å². The average molecular weight is 400 g/mol. The first-order valence-corrected chi connectivity index (χ1v) is 10.9. The lowest BCUT2D eigenvalue weighted by molar-refractivity contribution is -0.132. The summed E-state index contributed by atoms with van der Waals surface area (Å²) in [6, 6.07) is 8.26. The summed E-state index contributed by atoms with van der Waals surface area (Å²) >= 11 is 0. The fraction of sp³-hybridized carbons (Fsp3) is 0.583. The lowest BCUT2D eigenvalue weighted by atomic mass is 10.0. The second kappa shape index (κ2) is 10.5. The van der Waals surface area contributed by atoms with Crippen molar-refractivity contribution in [3.63, 3.8) is 0 Å². The molecular weight excluding hydrogens is 362 g/mol. The molecule has 2 amide bonds. The second-order valence-corrected chi connectivity index (χ2v) is 8.70. The molecule has 0 saturated carbocycles. The highest BCUT2D eigenvalue weighted by molar-refractivity contribution is 5.91. The number of aryl methyl sites for hydroxylation is 1. The van der Waals surface area contributed by atoms with Crippen LogP contribution in [0.15, 0.2) is 30.5 Å². The SMILES string of the molecule is CCCCCCCC(=O)NC(C)(C)C(=O)N[C@H](C)Cc1cn(C)c2ccccc12. The summed E-state index contributed by atoms with van der Waals surface area (Å²) in [6.45, 7) is 7.71. The van der Waals surface area contributed by atoms with Crippen LogP contribution >= 0.6 is 0 Å². The van der Waals surface area contributed by atoms with Gasteiger partial charge in [0.05, 0.1) is 0 Å². The van der Waals surface area contributed by atoms with Gasteiger partial charge in [0.25, 0.3) is 0 Å². The van der Waals surface area contributed by atoms with Crippen LogP contribution < -0.4 is 10.6 Å². The van der Waals surface area contributed by atoms with Gasteiger partial charge >= 0.3 is 0 Å². The van der Waals surface area contributed by atoms with E-state index >= 15 is 0 Å². The minimum absolute atomic E-state index is 0.0291. The van der Waals surface area contributed by atoms with E-state index in [2.05, 4.69) is 40.5 Å². The van der Waals surface area contributed by atoms with Crippen molar-refractivity contribution in [2.75, 3.05) is 0 Å². The number of hydrogen-bond donors (Lipinski definition) is 2. The molecule has 5 heteroatoms. The Morgan fingerprint density at radius 2 is 1.79 bits per heavy atom. The fourth-order valence-corrected chi connectivity index (χ4v) is 3.73. The highest BCUT2D eigenvalue weighted by Crippen LogP contribution is 2.21. The van der Waals surface area contributed by atoms with Crippen LogP contribution in [-0.2, 0) is 23.1 Å². The first kappa shape index (κ1) is 23.0. The molecule has 5 nitrogen and oxygen atoms in total. The number of nitrogens with one attached hydrogen (secondary N) is 2. The van der Waals surface area contributed by atoms with Crippen LogP contribution in [0.4, 0.5) is 0 Å². The topological polar surface area (TPSA) is 63.1 Å². The molecule has 1 heterocycles. The number of amides is 2. The molecule has 2 rings (SSSR count). The number of nitrogens with zero attached hydrogens (tertiary/aromatic N) is 1. The Bertz CT molecular complexity index is 823. The molecule has 1 aromatic heterocycles. The van der Waals surface area contributed by atoms with Crippen molar-refractivity contribution in [2.45, 2.75) is 84.2 Å². The van der Waals surface area contributed by atoms with Crippen molar-refractivity contribution < 1.29 is 9.59 Å². The number of aromatic nitrogens is 1. The van der Waals surface area contributed by atoms with Crippen LogP contribution in [0, 0.1) is 0 Å². The average Bonchev–Trinajstić information content (AvgIpc) is 2.97. The van der Waals surface area contributed by atoms with Crippen LogP contribution in [0.1, 0.15) is 71.8 Å². The first-order valence-electron chi connectivity index (χ1n) is 10.9. The summed E-state index contributed by atoms with van der Waals surface area (Å²) in [6.07, 6.45) is 8.86. The van der Waals surface area contributed by atoms with Gasteiger partial charge in [-0.3, -0.25) is 9.59 Å². The van der Waals surface area contributed by atoms with Crippen LogP contribution in [0.5, 0.6) is 0 Å². The molecule has 2 N–H and O–H groups in total. The van der Waals surface area contributed by atoms with E-state index in [1.54, 1.807) is 13.8 Å². The number of unbranched alkanes of at least 4 members (excludes halogenated alkanes) is 4. The molecule has 29 heavy (non-hydrogen) atoms. The molecule has 0 fully saturated rings. The fourth-order valence-electron chi connectivity index (χ4n) is 3.73.